The van der Waals surface area contributed by atoms with Gasteiger partial charge in [0.25, 0.3) is 0 Å². The van der Waals surface area contributed by atoms with Gasteiger partial charge in [0, 0.05) is 36.1 Å². The number of aldehydes is 1. The van der Waals surface area contributed by atoms with Crippen molar-refractivity contribution in [2.75, 3.05) is 25.4 Å². The van der Waals surface area contributed by atoms with Crippen LogP contribution in [-0.2, 0) is 4.79 Å². The predicted molar refractivity (Wildman–Crippen MR) is 79.2 cm³/mol. The second-order valence-corrected chi connectivity index (χ2v) is 7.44. The first kappa shape index (κ1) is 14.4. The number of carbonyl (C=O) groups excluding carboxylic acids is 1. The number of thioether (sulfide) groups is 1. The van der Waals surface area contributed by atoms with E-state index >= 15 is 0 Å². The SMILES string of the molecule is CCC1CN(CC2(C=O)CCCCCC2)CCS1. The molecule has 0 bridgehead atoms. The Labute approximate surface area is 116 Å². The minimum atomic E-state index is -0.0171. The van der Waals surface area contributed by atoms with Crippen molar-refractivity contribution in [3.63, 3.8) is 0 Å². The fourth-order valence-corrected chi connectivity index (χ4v) is 4.61. The van der Waals surface area contributed by atoms with E-state index in [0.29, 0.717) is 0 Å². The van der Waals surface area contributed by atoms with Crippen LogP contribution in [0.15, 0.2) is 0 Å². The van der Waals surface area contributed by atoms with Crippen molar-refractivity contribution in [3.8, 4) is 0 Å². The highest BCUT2D eigenvalue weighted by Crippen LogP contribution is 2.35. The summed E-state index contributed by atoms with van der Waals surface area (Å²) >= 11 is 2.11. The molecule has 0 amide bonds. The molecule has 0 radical (unpaired) electrons. The molecule has 0 aromatic carbocycles. The van der Waals surface area contributed by atoms with Gasteiger partial charge in [0.2, 0.25) is 0 Å². The number of nitrogens with zero attached hydrogens (tertiary/aromatic N) is 1. The van der Waals surface area contributed by atoms with Gasteiger partial charge in [-0.15, -0.1) is 0 Å². The summed E-state index contributed by atoms with van der Waals surface area (Å²) in [5.41, 5.74) is -0.0171. The highest BCUT2D eigenvalue weighted by atomic mass is 32.2. The Balaban J connectivity index is 1.93. The normalized spacial score (nSPS) is 29.7. The molecule has 2 nitrogen and oxygen atoms in total. The van der Waals surface area contributed by atoms with Gasteiger partial charge in [0.1, 0.15) is 6.29 Å². The zero-order valence-electron chi connectivity index (χ0n) is 11.7. The van der Waals surface area contributed by atoms with Crippen molar-refractivity contribution in [1.82, 2.24) is 4.90 Å². The molecule has 1 unspecified atom stereocenters. The van der Waals surface area contributed by atoms with E-state index in [1.807, 2.05) is 0 Å². The van der Waals surface area contributed by atoms with E-state index in [0.717, 1.165) is 24.6 Å². The van der Waals surface area contributed by atoms with E-state index in [1.165, 1.54) is 57.2 Å². The molecule has 0 aromatic heterocycles. The molecule has 0 aromatic rings. The summed E-state index contributed by atoms with van der Waals surface area (Å²) in [5, 5.41) is 0.785. The van der Waals surface area contributed by atoms with E-state index in [4.69, 9.17) is 0 Å². The van der Waals surface area contributed by atoms with Gasteiger partial charge in [-0.3, -0.25) is 0 Å². The highest BCUT2D eigenvalue weighted by molar-refractivity contribution is 8.00. The second kappa shape index (κ2) is 6.95. The Morgan fingerprint density at radius 3 is 2.61 bits per heavy atom. The molecule has 2 fully saturated rings. The summed E-state index contributed by atoms with van der Waals surface area (Å²) < 4.78 is 0. The maximum absolute atomic E-state index is 11.6. The molecule has 1 heterocycles. The molecule has 18 heavy (non-hydrogen) atoms. The summed E-state index contributed by atoms with van der Waals surface area (Å²) in [5.74, 6) is 1.24. The first-order chi connectivity index (χ1) is 8.78. The van der Waals surface area contributed by atoms with Crippen LogP contribution in [0.4, 0.5) is 0 Å². The molecule has 3 heteroatoms. The van der Waals surface area contributed by atoms with Gasteiger partial charge in [0.15, 0.2) is 0 Å². The Kier molecular flexibility index (Phi) is 5.56. The van der Waals surface area contributed by atoms with Crippen molar-refractivity contribution in [1.29, 1.82) is 0 Å². The average Bonchev–Trinajstić information content (AvgIpc) is 2.65. The molecule has 0 spiro atoms. The van der Waals surface area contributed by atoms with E-state index in [1.54, 1.807) is 0 Å². The quantitative estimate of drug-likeness (QED) is 0.576. The largest absolute Gasteiger partial charge is 0.303 e. The zero-order valence-corrected chi connectivity index (χ0v) is 12.5. The lowest BCUT2D eigenvalue weighted by atomic mass is 9.81. The smallest absolute Gasteiger partial charge is 0.127 e. The fraction of sp³-hybridized carbons (Fsp3) is 0.933. The zero-order chi connectivity index (χ0) is 12.8. The molecule has 0 N–H and O–H groups in total. The lowest BCUT2D eigenvalue weighted by molar-refractivity contribution is -0.118. The summed E-state index contributed by atoms with van der Waals surface area (Å²) in [7, 11) is 0. The minimum absolute atomic E-state index is 0.0171. The Bertz CT molecular complexity index is 261. The lowest BCUT2D eigenvalue weighted by Gasteiger charge is -2.38. The maximum Gasteiger partial charge on any atom is 0.127 e. The van der Waals surface area contributed by atoms with Crippen LogP contribution in [0, 0.1) is 5.41 Å². The summed E-state index contributed by atoms with van der Waals surface area (Å²) in [4.78, 5) is 14.2. The number of rotatable bonds is 4. The van der Waals surface area contributed by atoms with Gasteiger partial charge in [-0.1, -0.05) is 32.6 Å². The Hall–Kier alpha value is -0.0200. The topological polar surface area (TPSA) is 20.3 Å². The van der Waals surface area contributed by atoms with Crippen molar-refractivity contribution < 1.29 is 4.79 Å². The second-order valence-electron chi connectivity index (χ2n) is 6.03. The monoisotopic (exact) mass is 269 g/mol. The minimum Gasteiger partial charge on any atom is -0.303 e. The number of hydrogen-bond acceptors (Lipinski definition) is 3. The summed E-state index contributed by atoms with van der Waals surface area (Å²) in [6.07, 6.45) is 9.94. The van der Waals surface area contributed by atoms with Gasteiger partial charge in [0.05, 0.1) is 0 Å². The molecule has 1 saturated carbocycles. The molecular weight excluding hydrogens is 242 g/mol. The van der Waals surface area contributed by atoms with Crippen LogP contribution in [0.5, 0.6) is 0 Å². The summed E-state index contributed by atoms with van der Waals surface area (Å²) in [6.45, 7) is 5.67. The van der Waals surface area contributed by atoms with E-state index in [9.17, 15) is 4.79 Å². The van der Waals surface area contributed by atoms with E-state index in [2.05, 4.69) is 23.6 Å². The van der Waals surface area contributed by atoms with Gasteiger partial charge >= 0.3 is 0 Å². The van der Waals surface area contributed by atoms with Crippen LogP contribution < -0.4 is 0 Å². The van der Waals surface area contributed by atoms with E-state index in [-0.39, 0.29) is 5.41 Å². The van der Waals surface area contributed by atoms with Crippen LogP contribution in [-0.4, -0.2) is 41.8 Å². The Morgan fingerprint density at radius 1 is 1.28 bits per heavy atom. The molecule has 2 rings (SSSR count). The standard InChI is InChI=1S/C15H27NOS/c1-2-14-11-16(9-10-18-14)12-15(13-17)7-5-3-4-6-8-15/h13-14H,2-12H2,1H3. The molecule has 104 valence electrons. The van der Waals surface area contributed by atoms with E-state index < -0.39 is 0 Å². The molecule has 1 atom stereocenters. The van der Waals surface area contributed by atoms with Gasteiger partial charge in [-0.25, -0.2) is 0 Å². The van der Waals surface area contributed by atoms with Crippen LogP contribution in [0.3, 0.4) is 0 Å². The molecule has 1 saturated heterocycles. The van der Waals surface area contributed by atoms with Crippen LogP contribution in [0.2, 0.25) is 0 Å². The van der Waals surface area contributed by atoms with Gasteiger partial charge in [-0.2, -0.15) is 11.8 Å². The third kappa shape index (κ3) is 3.74. The van der Waals surface area contributed by atoms with Crippen molar-refractivity contribution in [3.05, 3.63) is 0 Å². The third-order valence-electron chi connectivity index (χ3n) is 4.57. The highest BCUT2D eigenvalue weighted by Gasteiger charge is 2.34. The first-order valence-electron chi connectivity index (χ1n) is 7.58. The Morgan fingerprint density at radius 2 is 2.00 bits per heavy atom. The fourth-order valence-electron chi connectivity index (χ4n) is 3.36. The first-order valence-corrected chi connectivity index (χ1v) is 8.63. The van der Waals surface area contributed by atoms with Crippen LogP contribution in [0.25, 0.3) is 0 Å². The summed E-state index contributed by atoms with van der Waals surface area (Å²) in [6, 6.07) is 0. The molecule has 2 aliphatic rings. The maximum atomic E-state index is 11.6. The average molecular weight is 269 g/mol. The lowest BCUT2D eigenvalue weighted by Crippen LogP contribution is -2.45. The number of carbonyl (C=O) groups is 1. The van der Waals surface area contributed by atoms with Crippen LogP contribution >= 0.6 is 11.8 Å². The van der Waals surface area contributed by atoms with Crippen molar-refractivity contribution >= 4 is 18.0 Å². The third-order valence-corrected chi connectivity index (χ3v) is 5.94. The molecule has 1 aliphatic heterocycles. The predicted octanol–water partition coefficient (Wildman–Crippen LogP) is 3.35. The number of hydrogen-bond donors (Lipinski definition) is 0. The van der Waals surface area contributed by atoms with Crippen molar-refractivity contribution in [2.24, 2.45) is 5.41 Å². The van der Waals surface area contributed by atoms with Gasteiger partial charge in [-0.05, 0) is 19.3 Å². The molecule has 1 aliphatic carbocycles. The van der Waals surface area contributed by atoms with Crippen molar-refractivity contribution in [2.45, 2.75) is 57.1 Å². The van der Waals surface area contributed by atoms with Crippen LogP contribution in [0.1, 0.15) is 51.9 Å². The van der Waals surface area contributed by atoms with Gasteiger partial charge < -0.3 is 9.69 Å². The molecular formula is C15H27NOS.